The summed E-state index contributed by atoms with van der Waals surface area (Å²) in [6.07, 6.45) is 9.89. The maximum Gasteiger partial charge on any atom is 0.0249 e. The fourth-order valence-electron chi connectivity index (χ4n) is 3.19. The highest BCUT2D eigenvalue weighted by atomic mass is 15.2. The van der Waals surface area contributed by atoms with Gasteiger partial charge in [0.15, 0.2) is 0 Å². The average Bonchev–Trinajstić information content (AvgIpc) is 2.30. The van der Waals surface area contributed by atoms with Crippen LogP contribution in [0.1, 0.15) is 51.9 Å². The minimum atomic E-state index is 0.814. The predicted molar refractivity (Wildman–Crippen MR) is 65.1 cm³/mol. The second kappa shape index (κ2) is 5.86. The highest BCUT2D eigenvalue weighted by Crippen LogP contribution is 2.25. The quantitative estimate of drug-likeness (QED) is 0.717. The van der Waals surface area contributed by atoms with Gasteiger partial charge in [-0.25, -0.2) is 0 Å². The molecule has 0 bridgehead atoms. The maximum atomic E-state index is 3.70. The van der Waals surface area contributed by atoms with E-state index in [4.69, 9.17) is 0 Å². The van der Waals surface area contributed by atoms with E-state index in [-0.39, 0.29) is 0 Å². The normalized spacial score (nSPS) is 32.6. The Kier molecular flexibility index (Phi) is 4.45. The Morgan fingerprint density at radius 3 is 2.93 bits per heavy atom. The number of hydrogen-bond acceptors (Lipinski definition) is 2. The fourth-order valence-corrected chi connectivity index (χ4v) is 3.19. The van der Waals surface area contributed by atoms with Crippen LogP contribution in [0.5, 0.6) is 0 Å². The molecule has 15 heavy (non-hydrogen) atoms. The van der Waals surface area contributed by atoms with E-state index < -0.39 is 0 Å². The molecule has 0 unspecified atom stereocenters. The van der Waals surface area contributed by atoms with E-state index in [0.29, 0.717) is 0 Å². The number of unbranched alkanes of at least 4 members (excludes halogenated alkanes) is 2. The first-order chi connectivity index (χ1) is 7.42. The zero-order valence-corrected chi connectivity index (χ0v) is 10.2. The molecule has 0 radical (unpaired) electrons. The second-order valence-corrected chi connectivity index (χ2v) is 5.16. The SMILES string of the molecule is CCCCCN1CCN[C@@H]2CCCC[C@H]21. The molecule has 0 amide bonds. The van der Waals surface area contributed by atoms with Gasteiger partial charge in [0.05, 0.1) is 0 Å². The summed E-state index contributed by atoms with van der Waals surface area (Å²) >= 11 is 0. The average molecular weight is 210 g/mol. The molecule has 0 aromatic carbocycles. The Bertz CT molecular complexity index is 179. The van der Waals surface area contributed by atoms with Gasteiger partial charge in [-0.1, -0.05) is 32.6 Å². The molecule has 2 heteroatoms. The van der Waals surface area contributed by atoms with Gasteiger partial charge in [0.25, 0.3) is 0 Å². The van der Waals surface area contributed by atoms with Crippen LogP contribution in [0.2, 0.25) is 0 Å². The van der Waals surface area contributed by atoms with Crippen molar-refractivity contribution >= 4 is 0 Å². The summed E-state index contributed by atoms with van der Waals surface area (Å²) < 4.78 is 0. The van der Waals surface area contributed by atoms with Crippen LogP contribution in [-0.2, 0) is 0 Å². The lowest BCUT2D eigenvalue weighted by atomic mass is 9.87. The van der Waals surface area contributed by atoms with Crippen LogP contribution in [0.15, 0.2) is 0 Å². The van der Waals surface area contributed by atoms with E-state index in [9.17, 15) is 0 Å². The highest BCUT2D eigenvalue weighted by Gasteiger charge is 2.32. The molecule has 2 rings (SSSR count). The third-order valence-electron chi connectivity index (χ3n) is 4.05. The molecular formula is C13H26N2. The van der Waals surface area contributed by atoms with E-state index >= 15 is 0 Å². The van der Waals surface area contributed by atoms with Gasteiger partial charge in [-0.05, 0) is 25.8 Å². The minimum Gasteiger partial charge on any atom is -0.311 e. The van der Waals surface area contributed by atoms with Gasteiger partial charge >= 0.3 is 0 Å². The van der Waals surface area contributed by atoms with Crippen molar-refractivity contribution in [3.8, 4) is 0 Å². The van der Waals surface area contributed by atoms with Gasteiger partial charge in [0.1, 0.15) is 0 Å². The third-order valence-corrected chi connectivity index (χ3v) is 4.05. The van der Waals surface area contributed by atoms with Gasteiger partial charge in [0, 0.05) is 25.2 Å². The van der Waals surface area contributed by atoms with E-state index in [2.05, 4.69) is 17.1 Å². The predicted octanol–water partition coefficient (Wildman–Crippen LogP) is 2.39. The molecule has 2 fully saturated rings. The first-order valence-corrected chi connectivity index (χ1v) is 6.89. The molecule has 1 aliphatic heterocycles. The second-order valence-electron chi connectivity index (χ2n) is 5.16. The maximum absolute atomic E-state index is 3.70. The summed E-state index contributed by atoms with van der Waals surface area (Å²) in [5, 5.41) is 3.70. The summed E-state index contributed by atoms with van der Waals surface area (Å²) in [6.45, 7) is 6.13. The summed E-state index contributed by atoms with van der Waals surface area (Å²) in [5.74, 6) is 0. The van der Waals surface area contributed by atoms with Crippen molar-refractivity contribution in [3.05, 3.63) is 0 Å². The Labute approximate surface area is 94.4 Å². The van der Waals surface area contributed by atoms with Crippen LogP contribution in [-0.4, -0.2) is 36.6 Å². The van der Waals surface area contributed by atoms with Crippen LogP contribution in [0.3, 0.4) is 0 Å². The van der Waals surface area contributed by atoms with Crippen LogP contribution >= 0.6 is 0 Å². The third kappa shape index (κ3) is 2.94. The first-order valence-electron chi connectivity index (χ1n) is 6.89. The zero-order valence-electron chi connectivity index (χ0n) is 10.2. The van der Waals surface area contributed by atoms with Crippen LogP contribution in [0.4, 0.5) is 0 Å². The Morgan fingerprint density at radius 1 is 1.20 bits per heavy atom. The molecule has 0 aromatic heterocycles. The number of nitrogens with zero attached hydrogens (tertiary/aromatic N) is 1. The van der Waals surface area contributed by atoms with Crippen molar-refractivity contribution < 1.29 is 0 Å². The van der Waals surface area contributed by atoms with Crippen molar-refractivity contribution in [2.75, 3.05) is 19.6 Å². The lowest BCUT2D eigenvalue weighted by Gasteiger charge is -2.44. The van der Waals surface area contributed by atoms with Gasteiger partial charge in [0.2, 0.25) is 0 Å². The van der Waals surface area contributed by atoms with Crippen molar-refractivity contribution in [2.24, 2.45) is 0 Å². The Balaban J connectivity index is 1.81. The van der Waals surface area contributed by atoms with E-state index in [1.165, 1.54) is 64.6 Å². The lowest BCUT2D eigenvalue weighted by molar-refractivity contribution is 0.0865. The number of hydrogen-bond donors (Lipinski definition) is 1. The molecule has 0 aromatic rings. The van der Waals surface area contributed by atoms with Gasteiger partial charge in [-0.3, -0.25) is 4.90 Å². The van der Waals surface area contributed by atoms with Crippen LogP contribution in [0.25, 0.3) is 0 Å². The molecule has 1 saturated heterocycles. The molecule has 1 aliphatic carbocycles. The largest absolute Gasteiger partial charge is 0.311 e. The van der Waals surface area contributed by atoms with E-state index in [1.807, 2.05) is 0 Å². The lowest BCUT2D eigenvalue weighted by Crippen LogP contribution is -2.59. The molecule has 2 atom stereocenters. The van der Waals surface area contributed by atoms with E-state index in [1.54, 1.807) is 0 Å². The van der Waals surface area contributed by atoms with Gasteiger partial charge < -0.3 is 5.32 Å². The fraction of sp³-hybridized carbons (Fsp3) is 1.00. The number of nitrogens with one attached hydrogen (secondary N) is 1. The van der Waals surface area contributed by atoms with Crippen molar-refractivity contribution in [1.82, 2.24) is 10.2 Å². The topological polar surface area (TPSA) is 15.3 Å². The van der Waals surface area contributed by atoms with Crippen molar-refractivity contribution in [3.63, 3.8) is 0 Å². The summed E-state index contributed by atoms with van der Waals surface area (Å²) in [7, 11) is 0. The molecule has 2 aliphatic rings. The monoisotopic (exact) mass is 210 g/mol. The summed E-state index contributed by atoms with van der Waals surface area (Å²) in [4.78, 5) is 2.76. The molecule has 0 spiro atoms. The Morgan fingerprint density at radius 2 is 2.07 bits per heavy atom. The molecule has 1 saturated carbocycles. The summed E-state index contributed by atoms with van der Waals surface area (Å²) in [6, 6.07) is 1.68. The number of fused-ring (bicyclic) bond motifs is 1. The van der Waals surface area contributed by atoms with E-state index in [0.717, 1.165) is 12.1 Å². The molecular weight excluding hydrogens is 184 g/mol. The van der Waals surface area contributed by atoms with Crippen LogP contribution < -0.4 is 5.32 Å². The summed E-state index contributed by atoms with van der Waals surface area (Å²) in [5.41, 5.74) is 0. The standard InChI is InChI=1S/C13H26N2/c1-2-3-6-10-15-11-9-14-12-7-4-5-8-13(12)15/h12-14H,2-11H2,1H3/t12-,13-/m1/s1. The highest BCUT2D eigenvalue weighted by molar-refractivity contribution is 4.91. The number of rotatable bonds is 4. The molecule has 88 valence electrons. The molecule has 1 heterocycles. The number of piperazine rings is 1. The Hall–Kier alpha value is -0.0800. The molecule has 1 N–H and O–H groups in total. The van der Waals surface area contributed by atoms with Crippen LogP contribution in [0, 0.1) is 0 Å². The zero-order chi connectivity index (χ0) is 10.5. The first kappa shape index (κ1) is 11.4. The molecule has 2 nitrogen and oxygen atoms in total. The van der Waals surface area contributed by atoms with Gasteiger partial charge in [-0.15, -0.1) is 0 Å². The van der Waals surface area contributed by atoms with Crippen molar-refractivity contribution in [2.45, 2.75) is 64.0 Å². The minimum absolute atomic E-state index is 0.814. The van der Waals surface area contributed by atoms with Gasteiger partial charge in [-0.2, -0.15) is 0 Å². The van der Waals surface area contributed by atoms with Crippen molar-refractivity contribution in [1.29, 1.82) is 0 Å². The smallest absolute Gasteiger partial charge is 0.0249 e.